The first-order valence-electron chi connectivity index (χ1n) is 10.2. The Morgan fingerprint density at radius 2 is 1.92 bits per heavy atom. The van der Waals surface area contributed by atoms with Crippen molar-refractivity contribution in [3.8, 4) is 0 Å². The maximum Gasteiger partial charge on any atom is 0.193 e. The lowest BCUT2D eigenvalue weighted by molar-refractivity contribution is -0.107. The van der Waals surface area contributed by atoms with Crippen molar-refractivity contribution in [2.75, 3.05) is 26.7 Å². The number of hydrogen-bond donors (Lipinski definition) is 1. The Morgan fingerprint density at radius 3 is 2.62 bits per heavy atom. The van der Waals surface area contributed by atoms with Gasteiger partial charge in [-0.05, 0) is 37.2 Å². The highest BCUT2D eigenvalue weighted by Gasteiger charge is 2.59. The fourth-order valence-corrected chi connectivity index (χ4v) is 5.35. The van der Waals surface area contributed by atoms with Crippen LogP contribution in [0.2, 0.25) is 0 Å². The fraction of sp³-hybridized carbons (Fsp3) is 0.682. The third-order valence-corrected chi connectivity index (χ3v) is 6.88. The van der Waals surface area contributed by atoms with Gasteiger partial charge in [0.2, 0.25) is 0 Å². The molecule has 3 fully saturated rings. The van der Waals surface area contributed by atoms with Gasteiger partial charge >= 0.3 is 0 Å². The average Bonchev–Trinajstić information content (AvgIpc) is 3.11. The molecule has 1 saturated carbocycles. The summed E-state index contributed by atoms with van der Waals surface area (Å²) in [5.41, 5.74) is 1.67. The average molecular weight is 356 g/mol. The zero-order valence-electron chi connectivity index (χ0n) is 16.4. The van der Waals surface area contributed by atoms with E-state index in [1.54, 1.807) is 0 Å². The minimum absolute atomic E-state index is 0.197. The summed E-state index contributed by atoms with van der Waals surface area (Å²) >= 11 is 0. The van der Waals surface area contributed by atoms with Crippen LogP contribution in [-0.2, 0) is 11.2 Å². The van der Waals surface area contributed by atoms with Crippen LogP contribution in [0.25, 0.3) is 0 Å². The number of rotatable bonds is 3. The Labute approximate surface area is 158 Å². The summed E-state index contributed by atoms with van der Waals surface area (Å²) in [5, 5.41) is 3.79. The lowest BCUT2D eigenvalue weighted by Crippen LogP contribution is -2.68. The van der Waals surface area contributed by atoms with E-state index >= 15 is 0 Å². The van der Waals surface area contributed by atoms with Crippen LogP contribution in [0.1, 0.15) is 38.7 Å². The van der Waals surface area contributed by atoms with Gasteiger partial charge in [0.05, 0.1) is 6.10 Å². The first-order valence-corrected chi connectivity index (χ1v) is 10.2. The Bertz CT molecular complexity index is 634. The number of aliphatic imine (C=N–C) groups is 1. The molecule has 4 rings (SSSR count). The second-order valence-electron chi connectivity index (χ2n) is 8.85. The fourth-order valence-electron chi connectivity index (χ4n) is 5.35. The van der Waals surface area contributed by atoms with Gasteiger partial charge in [-0.2, -0.15) is 0 Å². The second kappa shape index (κ2) is 7.22. The van der Waals surface area contributed by atoms with Crippen LogP contribution in [0, 0.1) is 17.3 Å². The molecule has 1 aromatic rings. The van der Waals surface area contributed by atoms with Crippen molar-refractivity contribution in [2.45, 2.75) is 51.7 Å². The highest BCUT2D eigenvalue weighted by molar-refractivity contribution is 5.80. The Kier molecular flexibility index (Phi) is 4.96. The third-order valence-electron chi connectivity index (χ3n) is 6.88. The van der Waals surface area contributed by atoms with Crippen molar-refractivity contribution in [1.29, 1.82) is 0 Å². The molecule has 2 aliphatic heterocycles. The maximum atomic E-state index is 5.94. The summed E-state index contributed by atoms with van der Waals surface area (Å²) < 4.78 is 5.94. The molecule has 3 aliphatic rings. The van der Waals surface area contributed by atoms with E-state index in [-0.39, 0.29) is 5.41 Å². The molecule has 4 heteroatoms. The molecule has 0 spiro atoms. The summed E-state index contributed by atoms with van der Waals surface area (Å²) in [4.78, 5) is 7.07. The first-order chi connectivity index (χ1) is 12.6. The molecule has 2 saturated heterocycles. The van der Waals surface area contributed by atoms with E-state index in [0.717, 1.165) is 31.6 Å². The summed E-state index contributed by atoms with van der Waals surface area (Å²) in [7, 11) is 1.92. The van der Waals surface area contributed by atoms with Crippen molar-refractivity contribution in [3.05, 3.63) is 35.9 Å². The van der Waals surface area contributed by atoms with E-state index in [2.05, 4.69) is 59.4 Å². The van der Waals surface area contributed by atoms with Gasteiger partial charge in [0.15, 0.2) is 5.96 Å². The molecule has 142 valence electrons. The first kappa shape index (κ1) is 17.8. The lowest BCUT2D eigenvalue weighted by Gasteiger charge is -2.55. The third kappa shape index (κ3) is 3.24. The largest absolute Gasteiger partial charge is 0.377 e. The van der Waals surface area contributed by atoms with Crippen molar-refractivity contribution < 1.29 is 4.74 Å². The van der Waals surface area contributed by atoms with Gasteiger partial charge in [-0.3, -0.25) is 4.99 Å². The number of nitrogens with one attached hydrogen (secondary N) is 1. The van der Waals surface area contributed by atoms with Gasteiger partial charge in [-0.25, -0.2) is 0 Å². The Morgan fingerprint density at radius 1 is 1.19 bits per heavy atom. The van der Waals surface area contributed by atoms with E-state index in [9.17, 15) is 0 Å². The molecule has 1 aromatic carbocycles. The summed E-state index contributed by atoms with van der Waals surface area (Å²) in [6.45, 7) is 7.79. The molecule has 0 amide bonds. The molecule has 26 heavy (non-hydrogen) atoms. The minimum Gasteiger partial charge on any atom is -0.377 e. The highest BCUT2D eigenvalue weighted by Crippen LogP contribution is 2.52. The van der Waals surface area contributed by atoms with Crippen LogP contribution >= 0.6 is 0 Å². The SMILES string of the molecule is CN=C(NC1C2CCOC2C1(C)C)N1CCC(Cc2ccccc2)CC1. The van der Waals surface area contributed by atoms with Crippen LogP contribution in [0.4, 0.5) is 0 Å². The second-order valence-corrected chi connectivity index (χ2v) is 8.85. The molecule has 0 radical (unpaired) electrons. The number of ether oxygens (including phenoxy) is 1. The van der Waals surface area contributed by atoms with Gasteiger partial charge in [-0.1, -0.05) is 44.2 Å². The molecule has 1 aliphatic carbocycles. The Balaban J connectivity index is 1.32. The number of nitrogens with zero attached hydrogens (tertiary/aromatic N) is 2. The molecule has 1 N–H and O–H groups in total. The number of benzene rings is 1. The molecule has 0 aromatic heterocycles. The van der Waals surface area contributed by atoms with E-state index in [0.29, 0.717) is 18.1 Å². The molecule has 3 unspecified atom stereocenters. The van der Waals surface area contributed by atoms with Crippen LogP contribution in [0.3, 0.4) is 0 Å². The van der Waals surface area contributed by atoms with Gasteiger partial charge in [-0.15, -0.1) is 0 Å². The molecule has 2 heterocycles. The zero-order chi connectivity index (χ0) is 18.1. The summed E-state index contributed by atoms with van der Waals surface area (Å²) in [6.07, 6.45) is 5.31. The molecule has 4 nitrogen and oxygen atoms in total. The van der Waals surface area contributed by atoms with Crippen molar-refractivity contribution >= 4 is 5.96 Å². The highest BCUT2D eigenvalue weighted by atomic mass is 16.5. The van der Waals surface area contributed by atoms with Crippen molar-refractivity contribution in [3.63, 3.8) is 0 Å². The van der Waals surface area contributed by atoms with Crippen LogP contribution in [0.5, 0.6) is 0 Å². The molecular weight excluding hydrogens is 322 g/mol. The van der Waals surface area contributed by atoms with Crippen molar-refractivity contribution in [1.82, 2.24) is 10.2 Å². The predicted molar refractivity (Wildman–Crippen MR) is 106 cm³/mol. The quantitative estimate of drug-likeness (QED) is 0.667. The molecular formula is C22H33N3O. The minimum atomic E-state index is 0.197. The number of guanidine groups is 1. The number of piperidine rings is 1. The number of hydrogen-bond acceptors (Lipinski definition) is 2. The van der Waals surface area contributed by atoms with E-state index in [1.165, 1.54) is 31.2 Å². The van der Waals surface area contributed by atoms with Gasteiger partial charge < -0.3 is 15.0 Å². The standard InChI is InChI=1S/C22H33N3O/c1-22(2)19(18-11-14-26-20(18)22)24-21(23-3)25-12-9-17(10-13-25)15-16-7-5-4-6-8-16/h4-8,17-20H,9-15H2,1-3H3,(H,23,24). The summed E-state index contributed by atoms with van der Waals surface area (Å²) in [5.74, 6) is 2.53. The normalized spacial score (nSPS) is 31.4. The number of fused-ring (bicyclic) bond motifs is 1. The smallest absolute Gasteiger partial charge is 0.193 e. The van der Waals surface area contributed by atoms with Crippen LogP contribution < -0.4 is 5.32 Å². The predicted octanol–water partition coefficient (Wildman–Crippen LogP) is 3.33. The van der Waals surface area contributed by atoms with Gasteiger partial charge in [0.25, 0.3) is 0 Å². The maximum absolute atomic E-state index is 5.94. The Hall–Kier alpha value is -1.55. The summed E-state index contributed by atoms with van der Waals surface area (Å²) in [6, 6.07) is 11.4. The monoisotopic (exact) mass is 355 g/mol. The van der Waals surface area contributed by atoms with E-state index in [1.807, 2.05) is 7.05 Å². The number of likely N-dealkylation sites (tertiary alicyclic amines) is 1. The van der Waals surface area contributed by atoms with Crippen molar-refractivity contribution in [2.24, 2.45) is 22.2 Å². The molecule has 0 bridgehead atoms. The lowest BCUT2D eigenvalue weighted by atomic mass is 9.57. The van der Waals surface area contributed by atoms with Gasteiger partial charge in [0.1, 0.15) is 0 Å². The van der Waals surface area contributed by atoms with Crippen LogP contribution in [0.15, 0.2) is 35.3 Å². The zero-order valence-corrected chi connectivity index (χ0v) is 16.4. The van der Waals surface area contributed by atoms with E-state index in [4.69, 9.17) is 4.74 Å². The van der Waals surface area contributed by atoms with E-state index < -0.39 is 0 Å². The molecule has 3 atom stereocenters. The van der Waals surface area contributed by atoms with Crippen LogP contribution in [-0.4, -0.2) is 49.7 Å². The van der Waals surface area contributed by atoms with Gasteiger partial charge in [0, 0.05) is 44.1 Å². The topological polar surface area (TPSA) is 36.9 Å².